The van der Waals surface area contributed by atoms with Gasteiger partial charge in [0.2, 0.25) is 10.0 Å². The van der Waals surface area contributed by atoms with Crippen molar-refractivity contribution in [1.82, 2.24) is 10.0 Å². The van der Waals surface area contributed by atoms with Gasteiger partial charge in [-0.2, -0.15) is 0 Å². The van der Waals surface area contributed by atoms with Crippen molar-refractivity contribution >= 4 is 38.0 Å². The fourth-order valence-corrected chi connectivity index (χ4v) is 4.47. The van der Waals surface area contributed by atoms with Gasteiger partial charge < -0.3 is 10.1 Å². The molecule has 3 aromatic rings. The maximum atomic E-state index is 12.0. The van der Waals surface area contributed by atoms with Crippen molar-refractivity contribution in [2.75, 3.05) is 13.7 Å². The molecule has 0 radical (unpaired) electrons. The van der Waals surface area contributed by atoms with Crippen LogP contribution >= 0.6 is 11.3 Å². The van der Waals surface area contributed by atoms with E-state index in [0.717, 1.165) is 27.0 Å². The highest BCUT2D eigenvalue weighted by Gasteiger charge is 2.14. The van der Waals surface area contributed by atoms with E-state index in [1.165, 1.54) is 13.1 Å². The molecule has 1 aromatic heterocycles. The highest BCUT2D eigenvalue weighted by molar-refractivity contribution is 7.91. The quantitative estimate of drug-likeness (QED) is 0.649. The van der Waals surface area contributed by atoms with Crippen LogP contribution in [0.5, 0.6) is 5.75 Å². The zero-order chi connectivity index (χ0) is 18.6. The predicted octanol–water partition coefficient (Wildman–Crippen LogP) is 2.50. The normalized spacial score (nSPS) is 11.4. The van der Waals surface area contributed by atoms with Crippen LogP contribution in [0.15, 0.2) is 58.8 Å². The maximum Gasteiger partial charge on any atom is 0.258 e. The summed E-state index contributed by atoms with van der Waals surface area (Å²) in [4.78, 5) is 12.7. The molecule has 0 saturated carbocycles. The Kier molecular flexibility index (Phi) is 5.55. The standard InChI is InChI=1S/C18H18N2O4S2/c1-19-26(22,23)18-9-8-16(25-18)11-20-17(21)12-24-15-7-6-13-4-2-3-5-14(13)10-15/h2-10,19H,11-12H2,1H3,(H,20,21). The average Bonchev–Trinajstić information content (AvgIpc) is 3.14. The topological polar surface area (TPSA) is 84.5 Å². The third-order valence-electron chi connectivity index (χ3n) is 3.72. The number of amides is 1. The Labute approximate surface area is 155 Å². The number of carbonyl (C=O) groups excluding carboxylic acids is 1. The fourth-order valence-electron chi connectivity index (χ4n) is 2.34. The molecule has 0 atom stereocenters. The summed E-state index contributed by atoms with van der Waals surface area (Å²) >= 11 is 1.12. The van der Waals surface area contributed by atoms with Crippen LogP contribution in [0.25, 0.3) is 10.8 Å². The van der Waals surface area contributed by atoms with Crippen molar-refractivity contribution in [1.29, 1.82) is 0 Å². The van der Waals surface area contributed by atoms with Gasteiger partial charge in [-0.3, -0.25) is 4.79 Å². The third kappa shape index (κ3) is 4.40. The second-order valence-electron chi connectivity index (χ2n) is 5.50. The first kappa shape index (κ1) is 18.4. The third-order valence-corrected chi connectivity index (χ3v) is 6.71. The lowest BCUT2D eigenvalue weighted by Gasteiger charge is -2.08. The van der Waals surface area contributed by atoms with Crippen molar-refractivity contribution in [2.24, 2.45) is 0 Å². The van der Waals surface area contributed by atoms with Gasteiger partial charge in [-0.15, -0.1) is 11.3 Å². The Morgan fingerprint density at radius 1 is 1.08 bits per heavy atom. The van der Waals surface area contributed by atoms with Crippen LogP contribution in [-0.4, -0.2) is 28.0 Å². The number of hydrogen-bond donors (Lipinski definition) is 2. The number of carbonyl (C=O) groups is 1. The SMILES string of the molecule is CNS(=O)(=O)c1ccc(CNC(=O)COc2ccc3ccccc3c2)s1. The minimum atomic E-state index is -3.45. The van der Waals surface area contributed by atoms with Crippen LogP contribution in [0.3, 0.4) is 0 Å². The number of rotatable bonds is 7. The molecule has 0 aliphatic rings. The molecule has 0 bridgehead atoms. The highest BCUT2D eigenvalue weighted by atomic mass is 32.2. The Hall–Kier alpha value is -2.42. The summed E-state index contributed by atoms with van der Waals surface area (Å²) in [6, 6.07) is 16.8. The van der Waals surface area contributed by atoms with Crippen LogP contribution in [-0.2, 0) is 21.4 Å². The summed E-state index contributed by atoms with van der Waals surface area (Å²) in [5, 5.41) is 4.87. The van der Waals surface area contributed by atoms with E-state index in [1.807, 2.05) is 42.5 Å². The van der Waals surface area contributed by atoms with Gasteiger partial charge in [-0.05, 0) is 42.1 Å². The van der Waals surface area contributed by atoms with E-state index in [2.05, 4.69) is 10.0 Å². The predicted molar refractivity (Wildman–Crippen MR) is 102 cm³/mol. The number of hydrogen-bond acceptors (Lipinski definition) is 5. The van der Waals surface area contributed by atoms with Crippen molar-refractivity contribution in [3.8, 4) is 5.75 Å². The zero-order valence-electron chi connectivity index (χ0n) is 14.1. The lowest BCUT2D eigenvalue weighted by Crippen LogP contribution is -2.28. The maximum absolute atomic E-state index is 12.0. The molecule has 26 heavy (non-hydrogen) atoms. The first-order valence-electron chi connectivity index (χ1n) is 7.88. The smallest absolute Gasteiger partial charge is 0.258 e. The number of fused-ring (bicyclic) bond motifs is 1. The van der Waals surface area contributed by atoms with Crippen molar-refractivity contribution in [3.63, 3.8) is 0 Å². The summed E-state index contributed by atoms with van der Waals surface area (Å²) < 4.78 is 31.4. The minimum absolute atomic E-state index is 0.106. The van der Waals surface area contributed by atoms with Crippen molar-refractivity contribution < 1.29 is 17.9 Å². The molecule has 0 unspecified atom stereocenters. The molecule has 0 aliphatic heterocycles. The minimum Gasteiger partial charge on any atom is -0.484 e. The Morgan fingerprint density at radius 3 is 2.62 bits per heavy atom. The second kappa shape index (κ2) is 7.86. The number of benzene rings is 2. The first-order valence-corrected chi connectivity index (χ1v) is 10.2. The van der Waals surface area contributed by atoms with Gasteiger partial charge in [-0.25, -0.2) is 13.1 Å². The van der Waals surface area contributed by atoms with Crippen LogP contribution < -0.4 is 14.8 Å². The summed E-state index contributed by atoms with van der Waals surface area (Å²) in [6.45, 7) is 0.148. The van der Waals surface area contributed by atoms with E-state index in [0.29, 0.717) is 5.75 Å². The number of thiophene rings is 1. The number of sulfonamides is 1. The molecule has 0 aliphatic carbocycles. The molecule has 136 valence electrons. The molecular weight excluding hydrogens is 372 g/mol. The lowest BCUT2D eigenvalue weighted by atomic mass is 10.1. The van der Waals surface area contributed by atoms with Gasteiger partial charge >= 0.3 is 0 Å². The highest BCUT2D eigenvalue weighted by Crippen LogP contribution is 2.22. The van der Waals surface area contributed by atoms with E-state index in [9.17, 15) is 13.2 Å². The van der Waals surface area contributed by atoms with Crippen molar-refractivity contribution in [3.05, 3.63) is 59.5 Å². The molecule has 2 aromatic carbocycles. The van der Waals surface area contributed by atoms with E-state index >= 15 is 0 Å². The lowest BCUT2D eigenvalue weighted by molar-refractivity contribution is -0.123. The summed E-state index contributed by atoms with van der Waals surface area (Å²) in [7, 11) is -2.09. The molecule has 0 fully saturated rings. The molecular formula is C18H18N2O4S2. The molecule has 8 heteroatoms. The first-order chi connectivity index (χ1) is 12.5. The Bertz CT molecular complexity index is 1030. The summed E-state index contributed by atoms with van der Waals surface area (Å²) in [5.41, 5.74) is 0. The largest absolute Gasteiger partial charge is 0.484 e. The van der Waals surface area contributed by atoms with E-state index < -0.39 is 10.0 Å². The van der Waals surface area contributed by atoms with Crippen molar-refractivity contribution in [2.45, 2.75) is 10.8 Å². The van der Waals surface area contributed by atoms with Gasteiger partial charge in [0.1, 0.15) is 9.96 Å². The van der Waals surface area contributed by atoms with Crippen LogP contribution in [0, 0.1) is 0 Å². The van der Waals surface area contributed by atoms with Gasteiger partial charge in [0.25, 0.3) is 5.91 Å². The Morgan fingerprint density at radius 2 is 1.85 bits per heavy atom. The molecule has 6 nitrogen and oxygen atoms in total. The molecule has 1 heterocycles. The fraction of sp³-hybridized carbons (Fsp3) is 0.167. The molecule has 3 rings (SSSR count). The zero-order valence-corrected chi connectivity index (χ0v) is 15.7. The van der Waals surface area contributed by atoms with Crippen LogP contribution in [0.1, 0.15) is 4.88 Å². The molecule has 0 saturated heterocycles. The van der Waals surface area contributed by atoms with E-state index in [1.54, 1.807) is 6.07 Å². The summed E-state index contributed by atoms with van der Waals surface area (Å²) in [6.07, 6.45) is 0. The van der Waals surface area contributed by atoms with E-state index in [-0.39, 0.29) is 23.3 Å². The van der Waals surface area contributed by atoms with E-state index in [4.69, 9.17) is 4.74 Å². The Balaban J connectivity index is 1.52. The van der Waals surface area contributed by atoms with Gasteiger partial charge in [-0.1, -0.05) is 30.3 Å². The second-order valence-corrected chi connectivity index (χ2v) is 8.78. The van der Waals surface area contributed by atoms with Gasteiger partial charge in [0, 0.05) is 4.88 Å². The van der Waals surface area contributed by atoms with Crippen LogP contribution in [0.2, 0.25) is 0 Å². The molecule has 1 amide bonds. The van der Waals surface area contributed by atoms with Gasteiger partial charge in [0.15, 0.2) is 6.61 Å². The number of nitrogens with one attached hydrogen (secondary N) is 2. The number of ether oxygens (including phenoxy) is 1. The molecule has 0 spiro atoms. The van der Waals surface area contributed by atoms with Crippen LogP contribution in [0.4, 0.5) is 0 Å². The monoisotopic (exact) mass is 390 g/mol. The molecule has 2 N–H and O–H groups in total. The average molecular weight is 390 g/mol. The summed E-state index contributed by atoms with van der Waals surface area (Å²) in [5.74, 6) is 0.349. The van der Waals surface area contributed by atoms with Gasteiger partial charge in [0.05, 0.1) is 6.54 Å².